The normalized spacial score (nSPS) is 23.8. The van der Waals surface area contributed by atoms with Gasteiger partial charge in [-0.25, -0.2) is 4.79 Å². The Hall–Kier alpha value is -2.93. The van der Waals surface area contributed by atoms with Gasteiger partial charge in [0, 0.05) is 31.5 Å². The molecular formula is C24H28N2O5. The summed E-state index contributed by atoms with van der Waals surface area (Å²) in [6.45, 7) is 11.4. The molecule has 3 aliphatic rings. The quantitative estimate of drug-likeness (QED) is 0.396. The fraction of sp³-hybridized carbons (Fsp3) is 0.458. The van der Waals surface area contributed by atoms with Gasteiger partial charge in [0.05, 0.1) is 18.8 Å². The third kappa shape index (κ3) is 3.78. The van der Waals surface area contributed by atoms with Crippen LogP contribution in [0.4, 0.5) is 0 Å². The molecule has 1 unspecified atom stereocenters. The maximum atomic E-state index is 12.9. The fourth-order valence-electron chi connectivity index (χ4n) is 4.62. The lowest BCUT2D eigenvalue weighted by Crippen LogP contribution is -2.47. The number of piperidine rings is 1. The van der Waals surface area contributed by atoms with Crippen molar-refractivity contribution in [2.75, 3.05) is 19.7 Å². The Labute approximate surface area is 182 Å². The minimum atomic E-state index is -1.30. The van der Waals surface area contributed by atoms with Crippen LogP contribution in [0.15, 0.2) is 54.1 Å². The number of carbonyl (C=O) groups excluding carboxylic acids is 2. The van der Waals surface area contributed by atoms with Crippen LogP contribution < -0.4 is 0 Å². The number of amides is 1. The van der Waals surface area contributed by atoms with Crippen molar-refractivity contribution in [2.45, 2.75) is 50.4 Å². The molecule has 7 nitrogen and oxygen atoms in total. The number of carbonyl (C=O) groups is 2. The highest BCUT2D eigenvalue weighted by atomic mass is 16.5. The topological polar surface area (TPSA) is 77.4 Å². The van der Waals surface area contributed by atoms with Gasteiger partial charge >= 0.3 is 5.97 Å². The first kappa shape index (κ1) is 21.3. The Morgan fingerprint density at radius 2 is 2.06 bits per heavy atom. The van der Waals surface area contributed by atoms with Crippen molar-refractivity contribution in [1.29, 1.82) is 0 Å². The van der Waals surface area contributed by atoms with E-state index in [9.17, 15) is 9.59 Å². The summed E-state index contributed by atoms with van der Waals surface area (Å²) >= 11 is 0. The minimum Gasteiger partial charge on any atom is -0.463 e. The molecule has 0 bridgehead atoms. The average molecular weight is 424 g/mol. The summed E-state index contributed by atoms with van der Waals surface area (Å²) in [5.74, 6) is -0.955. The second kappa shape index (κ2) is 8.30. The summed E-state index contributed by atoms with van der Waals surface area (Å²) in [6.07, 6.45) is 3.40. The molecule has 0 radical (unpaired) electrons. The predicted molar refractivity (Wildman–Crippen MR) is 115 cm³/mol. The third-order valence-electron chi connectivity index (χ3n) is 6.26. The number of hydrogen-bond donors (Lipinski definition) is 0. The lowest BCUT2D eigenvalue weighted by Gasteiger charge is -2.40. The maximum Gasteiger partial charge on any atom is 0.333 e. The first-order valence-corrected chi connectivity index (χ1v) is 10.7. The zero-order valence-corrected chi connectivity index (χ0v) is 17.9. The van der Waals surface area contributed by atoms with Crippen LogP contribution in [0.2, 0.25) is 0 Å². The van der Waals surface area contributed by atoms with Gasteiger partial charge in [0.2, 0.25) is 0 Å². The Bertz CT molecular complexity index is 945. The van der Waals surface area contributed by atoms with Gasteiger partial charge < -0.3 is 19.1 Å². The van der Waals surface area contributed by atoms with Crippen LogP contribution >= 0.6 is 0 Å². The number of aliphatic imine (C=N–C) groups is 1. The number of esters is 1. The highest BCUT2D eigenvalue weighted by molar-refractivity contribution is 6.02. The van der Waals surface area contributed by atoms with E-state index in [1.54, 1.807) is 13.0 Å². The highest BCUT2D eigenvalue weighted by Crippen LogP contribution is 2.44. The Balaban J connectivity index is 1.45. The largest absolute Gasteiger partial charge is 0.463 e. The molecule has 3 heterocycles. The van der Waals surface area contributed by atoms with Crippen molar-refractivity contribution < 1.29 is 23.8 Å². The Morgan fingerprint density at radius 3 is 2.77 bits per heavy atom. The van der Waals surface area contributed by atoms with Crippen LogP contribution in [0.1, 0.15) is 43.7 Å². The number of ether oxygens (including phenoxy) is 3. The summed E-state index contributed by atoms with van der Waals surface area (Å²) in [5, 5.41) is 0. The SMILES string of the molecule is C=CCC1(CC(=C)C(=O)OCC)OC(N2CCC3(CC2)OCc2ccccc23)=NC1=O. The van der Waals surface area contributed by atoms with Gasteiger partial charge in [0.15, 0.2) is 5.60 Å². The number of likely N-dealkylation sites (tertiary alicyclic amines) is 1. The van der Waals surface area contributed by atoms with Crippen LogP contribution in [0.3, 0.4) is 0 Å². The van der Waals surface area contributed by atoms with E-state index in [-0.39, 0.29) is 30.6 Å². The number of hydrogen-bond acceptors (Lipinski definition) is 6. The van der Waals surface area contributed by atoms with Gasteiger partial charge in [-0.2, -0.15) is 4.99 Å². The average Bonchev–Trinajstić information content (AvgIpc) is 3.28. The summed E-state index contributed by atoms with van der Waals surface area (Å²) < 4.78 is 17.3. The van der Waals surface area contributed by atoms with E-state index in [2.05, 4.69) is 30.3 Å². The van der Waals surface area contributed by atoms with E-state index in [4.69, 9.17) is 14.2 Å². The second-order valence-electron chi connectivity index (χ2n) is 8.22. The molecule has 3 aliphatic heterocycles. The van der Waals surface area contributed by atoms with Crippen molar-refractivity contribution in [3.05, 3.63) is 60.2 Å². The molecule has 164 valence electrons. The number of fused-ring (bicyclic) bond motifs is 2. The van der Waals surface area contributed by atoms with Crippen molar-refractivity contribution in [3.63, 3.8) is 0 Å². The smallest absolute Gasteiger partial charge is 0.333 e. The highest BCUT2D eigenvalue weighted by Gasteiger charge is 2.50. The molecule has 0 N–H and O–H groups in total. The van der Waals surface area contributed by atoms with Crippen LogP contribution in [-0.2, 0) is 36.0 Å². The molecule has 1 aromatic carbocycles. The maximum absolute atomic E-state index is 12.9. The van der Waals surface area contributed by atoms with Gasteiger partial charge in [-0.15, -0.1) is 6.58 Å². The number of nitrogens with zero attached hydrogens (tertiary/aromatic N) is 2. The van der Waals surface area contributed by atoms with Gasteiger partial charge in [-0.05, 0) is 30.9 Å². The number of benzene rings is 1. The van der Waals surface area contributed by atoms with Gasteiger partial charge in [-0.3, -0.25) is 4.79 Å². The zero-order chi connectivity index (χ0) is 22.1. The molecule has 1 atom stereocenters. The van der Waals surface area contributed by atoms with Gasteiger partial charge in [-0.1, -0.05) is 36.9 Å². The predicted octanol–water partition coefficient (Wildman–Crippen LogP) is 3.25. The van der Waals surface area contributed by atoms with Crippen molar-refractivity contribution in [3.8, 4) is 0 Å². The molecule has 0 aliphatic carbocycles. The molecule has 31 heavy (non-hydrogen) atoms. The van der Waals surface area contributed by atoms with Crippen LogP contribution in [-0.4, -0.2) is 48.1 Å². The Kier molecular flexibility index (Phi) is 5.71. The van der Waals surface area contributed by atoms with E-state index >= 15 is 0 Å². The van der Waals surface area contributed by atoms with Crippen molar-refractivity contribution in [1.82, 2.24) is 4.90 Å². The molecule has 1 spiro atoms. The van der Waals surface area contributed by atoms with E-state index in [1.165, 1.54) is 11.1 Å². The van der Waals surface area contributed by atoms with Crippen LogP contribution in [0.5, 0.6) is 0 Å². The summed E-state index contributed by atoms with van der Waals surface area (Å²) in [7, 11) is 0. The fourth-order valence-corrected chi connectivity index (χ4v) is 4.62. The molecule has 0 saturated carbocycles. The molecule has 7 heteroatoms. The lowest BCUT2D eigenvalue weighted by molar-refractivity contribution is -0.140. The summed E-state index contributed by atoms with van der Waals surface area (Å²) in [6, 6.07) is 8.63. The standard InChI is InChI=1S/C24H28N2O5/c1-4-10-24(15-17(3)20(27)29-5-2)21(28)25-22(31-24)26-13-11-23(12-14-26)19-9-7-6-8-18(19)16-30-23/h4,6-9H,1,3,5,10-16H2,2H3. The molecule has 4 rings (SSSR count). The summed E-state index contributed by atoms with van der Waals surface area (Å²) in [4.78, 5) is 31.1. The molecule has 1 aromatic rings. The first-order valence-electron chi connectivity index (χ1n) is 10.7. The monoisotopic (exact) mass is 424 g/mol. The van der Waals surface area contributed by atoms with E-state index in [1.807, 2.05) is 17.0 Å². The molecule has 1 fully saturated rings. The number of rotatable bonds is 6. The number of amidine groups is 1. The molecule has 1 amide bonds. The van der Waals surface area contributed by atoms with E-state index in [0.717, 1.165) is 12.8 Å². The third-order valence-corrected chi connectivity index (χ3v) is 6.26. The first-order chi connectivity index (χ1) is 14.9. The molecular weight excluding hydrogens is 396 g/mol. The van der Waals surface area contributed by atoms with Gasteiger partial charge in [0.1, 0.15) is 0 Å². The minimum absolute atomic E-state index is 0.0119. The van der Waals surface area contributed by atoms with Crippen molar-refractivity contribution in [2.24, 2.45) is 4.99 Å². The molecule has 1 saturated heterocycles. The van der Waals surface area contributed by atoms with Crippen LogP contribution in [0.25, 0.3) is 0 Å². The van der Waals surface area contributed by atoms with Crippen molar-refractivity contribution >= 4 is 17.9 Å². The lowest BCUT2D eigenvalue weighted by atomic mass is 9.84. The van der Waals surface area contributed by atoms with Crippen LogP contribution in [0, 0.1) is 0 Å². The second-order valence-corrected chi connectivity index (χ2v) is 8.22. The van der Waals surface area contributed by atoms with Gasteiger partial charge in [0.25, 0.3) is 11.9 Å². The van der Waals surface area contributed by atoms with E-state index in [0.29, 0.717) is 25.7 Å². The summed E-state index contributed by atoms with van der Waals surface area (Å²) in [5.41, 5.74) is 1.09. The molecule has 0 aromatic heterocycles. The van der Waals surface area contributed by atoms with E-state index < -0.39 is 17.5 Å². The Morgan fingerprint density at radius 1 is 1.32 bits per heavy atom. The zero-order valence-electron chi connectivity index (χ0n) is 17.9.